The van der Waals surface area contributed by atoms with Crippen LogP contribution in [0.15, 0.2) is 48.5 Å². The van der Waals surface area contributed by atoms with E-state index in [-0.39, 0.29) is 0 Å². The molecule has 0 aliphatic rings. The van der Waals surface area contributed by atoms with Crippen molar-refractivity contribution >= 4 is 11.6 Å². The molecule has 1 N–H and O–H groups in total. The Balaban J connectivity index is 1.94. The second kappa shape index (κ2) is 6.94. The Morgan fingerprint density at radius 2 is 1.79 bits per heavy atom. The first kappa shape index (κ1) is 13.6. The lowest BCUT2D eigenvalue weighted by molar-refractivity contribution is 0.689. The second-order valence-electron chi connectivity index (χ2n) is 4.34. The van der Waals surface area contributed by atoms with E-state index in [1.54, 1.807) is 0 Å². The SMILES string of the molecule is N#CCc1ccccc1CNCc1cccc(Cl)c1. The summed E-state index contributed by atoms with van der Waals surface area (Å²) >= 11 is 5.94. The lowest BCUT2D eigenvalue weighted by Gasteiger charge is -2.08. The quantitative estimate of drug-likeness (QED) is 0.899. The van der Waals surface area contributed by atoms with E-state index >= 15 is 0 Å². The van der Waals surface area contributed by atoms with Crippen LogP contribution in [0.1, 0.15) is 16.7 Å². The maximum Gasteiger partial charge on any atom is 0.0669 e. The van der Waals surface area contributed by atoms with Gasteiger partial charge in [-0.3, -0.25) is 0 Å². The number of rotatable bonds is 5. The zero-order valence-corrected chi connectivity index (χ0v) is 11.3. The first-order chi connectivity index (χ1) is 9.29. The fourth-order valence-corrected chi connectivity index (χ4v) is 2.19. The predicted molar refractivity (Wildman–Crippen MR) is 77.8 cm³/mol. The molecule has 96 valence electrons. The van der Waals surface area contributed by atoms with Crippen LogP contribution in [0.4, 0.5) is 0 Å². The standard InChI is InChI=1S/C16H15ClN2/c17-16-7-3-4-13(10-16)11-19-12-15-6-2-1-5-14(15)8-9-18/h1-7,10,19H,8,11-12H2. The maximum absolute atomic E-state index is 8.79. The Morgan fingerprint density at radius 1 is 1.00 bits per heavy atom. The highest BCUT2D eigenvalue weighted by molar-refractivity contribution is 6.30. The summed E-state index contributed by atoms with van der Waals surface area (Å²) in [6.45, 7) is 1.52. The third-order valence-corrected chi connectivity index (χ3v) is 3.16. The Hall–Kier alpha value is -1.82. The third-order valence-electron chi connectivity index (χ3n) is 2.92. The Kier molecular flexibility index (Phi) is 4.97. The number of halogens is 1. The second-order valence-corrected chi connectivity index (χ2v) is 4.77. The summed E-state index contributed by atoms with van der Waals surface area (Å²) in [6.07, 6.45) is 0.453. The molecule has 0 unspecified atom stereocenters. The number of nitriles is 1. The van der Waals surface area contributed by atoms with Gasteiger partial charge in [-0.05, 0) is 28.8 Å². The van der Waals surface area contributed by atoms with Gasteiger partial charge in [0.05, 0.1) is 12.5 Å². The monoisotopic (exact) mass is 270 g/mol. The predicted octanol–water partition coefficient (Wildman–Crippen LogP) is 3.70. The van der Waals surface area contributed by atoms with Crippen LogP contribution in [-0.4, -0.2) is 0 Å². The molecule has 0 saturated carbocycles. The molecule has 2 aromatic carbocycles. The van der Waals surface area contributed by atoms with Gasteiger partial charge in [0.1, 0.15) is 0 Å². The van der Waals surface area contributed by atoms with Gasteiger partial charge in [-0.15, -0.1) is 0 Å². The zero-order valence-electron chi connectivity index (χ0n) is 10.6. The highest BCUT2D eigenvalue weighted by atomic mass is 35.5. The minimum absolute atomic E-state index is 0.453. The number of hydrogen-bond donors (Lipinski definition) is 1. The van der Waals surface area contributed by atoms with Crippen LogP contribution in [0.2, 0.25) is 5.02 Å². The number of nitrogens with zero attached hydrogens (tertiary/aromatic N) is 1. The van der Waals surface area contributed by atoms with Gasteiger partial charge in [0.2, 0.25) is 0 Å². The van der Waals surface area contributed by atoms with Gasteiger partial charge in [-0.25, -0.2) is 0 Å². The minimum Gasteiger partial charge on any atom is -0.309 e. The molecule has 0 saturated heterocycles. The van der Waals surface area contributed by atoms with E-state index in [1.165, 1.54) is 5.56 Å². The topological polar surface area (TPSA) is 35.8 Å². The molecule has 0 heterocycles. The summed E-state index contributed by atoms with van der Waals surface area (Å²) in [5.41, 5.74) is 3.42. The molecule has 19 heavy (non-hydrogen) atoms. The van der Waals surface area contributed by atoms with Crippen molar-refractivity contribution in [2.45, 2.75) is 19.5 Å². The third kappa shape index (κ3) is 4.10. The molecule has 3 heteroatoms. The smallest absolute Gasteiger partial charge is 0.0669 e. The molecule has 0 fully saturated rings. The van der Waals surface area contributed by atoms with E-state index in [1.807, 2.05) is 42.5 Å². The zero-order chi connectivity index (χ0) is 13.5. The first-order valence-electron chi connectivity index (χ1n) is 6.18. The highest BCUT2D eigenvalue weighted by Gasteiger charge is 2.01. The summed E-state index contributed by atoms with van der Waals surface area (Å²) < 4.78 is 0. The molecule has 0 aliphatic carbocycles. The molecule has 2 aromatic rings. The van der Waals surface area contributed by atoms with Crippen molar-refractivity contribution in [1.29, 1.82) is 5.26 Å². The molecule has 2 nitrogen and oxygen atoms in total. The molecule has 0 amide bonds. The lowest BCUT2D eigenvalue weighted by atomic mass is 10.1. The van der Waals surface area contributed by atoms with Gasteiger partial charge in [-0.2, -0.15) is 5.26 Å². The van der Waals surface area contributed by atoms with Crippen molar-refractivity contribution in [3.05, 3.63) is 70.2 Å². The first-order valence-corrected chi connectivity index (χ1v) is 6.56. The molecular formula is C16H15ClN2. The number of hydrogen-bond acceptors (Lipinski definition) is 2. The van der Waals surface area contributed by atoms with Crippen LogP contribution >= 0.6 is 11.6 Å². The summed E-state index contributed by atoms with van der Waals surface area (Å²) in [5, 5.41) is 12.9. The van der Waals surface area contributed by atoms with Crippen LogP contribution in [0.3, 0.4) is 0 Å². The lowest BCUT2D eigenvalue weighted by Crippen LogP contribution is -2.13. The van der Waals surface area contributed by atoms with E-state index < -0.39 is 0 Å². The van der Waals surface area contributed by atoms with Gasteiger partial charge < -0.3 is 5.32 Å². The summed E-state index contributed by atoms with van der Waals surface area (Å²) in [6, 6.07) is 18.0. The molecule has 0 spiro atoms. The molecule has 2 rings (SSSR count). The Labute approximate surface area is 118 Å². The van der Waals surface area contributed by atoms with Gasteiger partial charge in [0.25, 0.3) is 0 Å². The van der Waals surface area contributed by atoms with Crippen molar-refractivity contribution in [2.75, 3.05) is 0 Å². The van der Waals surface area contributed by atoms with Crippen LogP contribution in [0, 0.1) is 11.3 Å². The summed E-state index contributed by atoms with van der Waals surface area (Å²) in [4.78, 5) is 0. The average molecular weight is 271 g/mol. The van der Waals surface area contributed by atoms with Gasteiger partial charge >= 0.3 is 0 Å². The van der Waals surface area contributed by atoms with Crippen LogP contribution in [0.25, 0.3) is 0 Å². The van der Waals surface area contributed by atoms with Crippen molar-refractivity contribution < 1.29 is 0 Å². The van der Waals surface area contributed by atoms with Crippen LogP contribution in [-0.2, 0) is 19.5 Å². The molecule has 0 aliphatic heterocycles. The summed E-state index contributed by atoms with van der Waals surface area (Å²) in [5.74, 6) is 0. The average Bonchev–Trinajstić information content (AvgIpc) is 2.41. The highest BCUT2D eigenvalue weighted by Crippen LogP contribution is 2.12. The van der Waals surface area contributed by atoms with E-state index in [4.69, 9.17) is 16.9 Å². The fourth-order valence-electron chi connectivity index (χ4n) is 1.98. The molecule has 0 bridgehead atoms. The van der Waals surface area contributed by atoms with Crippen molar-refractivity contribution in [3.8, 4) is 6.07 Å². The number of nitrogens with one attached hydrogen (secondary N) is 1. The van der Waals surface area contributed by atoms with E-state index in [0.29, 0.717) is 6.42 Å². The fraction of sp³-hybridized carbons (Fsp3) is 0.188. The number of benzene rings is 2. The van der Waals surface area contributed by atoms with E-state index in [9.17, 15) is 0 Å². The van der Waals surface area contributed by atoms with Crippen molar-refractivity contribution in [1.82, 2.24) is 5.32 Å². The van der Waals surface area contributed by atoms with Crippen LogP contribution in [0.5, 0.6) is 0 Å². The minimum atomic E-state index is 0.453. The Bertz CT molecular complexity index is 587. The van der Waals surface area contributed by atoms with Crippen molar-refractivity contribution in [3.63, 3.8) is 0 Å². The van der Waals surface area contributed by atoms with E-state index in [2.05, 4.69) is 17.5 Å². The molecule has 0 aromatic heterocycles. The molecule has 0 atom stereocenters. The largest absolute Gasteiger partial charge is 0.309 e. The van der Waals surface area contributed by atoms with E-state index in [0.717, 1.165) is 29.2 Å². The molecular weight excluding hydrogens is 256 g/mol. The maximum atomic E-state index is 8.79. The Morgan fingerprint density at radius 3 is 2.53 bits per heavy atom. The van der Waals surface area contributed by atoms with Gasteiger partial charge in [0, 0.05) is 18.1 Å². The normalized spacial score (nSPS) is 10.1. The van der Waals surface area contributed by atoms with Crippen molar-refractivity contribution in [2.24, 2.45) is 0 Å². The van der Waals surface area contributed by atoms with Crippen LogP contribution < -0.4 is 5.32 Å². The summed E-state index contributed by atoms with van der Waals surface area (Å²) in [7, 11) is 0. The van der Waals surface area contributed by atoms with Gasteiger partial charge in [0.15, 0.2) is 0 Å². The molecule has 0 radical (unpaired) electrons. The van der Waals surface area contributed by atoms with Gasteiger partial charge in [-0.1, -0.05) is 48.0 Å².